The number of nitrogens with zero attached hydrogens (tertiary/aromatic N) is 1. The van der Waals surface area contributed by atoms with E-state index in [9.17, 15) is 14.4 Å². The van der Waals surface area contributed by atoms with Crippen molar-refractivity contribution < 1.29 is 14.4 Å². The molecule has 2 amide bonds. The van der Waals surface area contributed by atoms with Gasteiger partial charge in [0, 0.05) is 18.5 Å². The number of hydrogen-bond donors (Lipinski definition) is 0. The molecule has 3 rings (SSSR count). The van der Waals surface area contributed by atoms with Crippen molar-refractivity contribution in [3.05, 3.63) is 48.0 Å². The zero-order valence-electron chi connectivity index (χ0n) is 11.7. The van der Waals surface area contributed by atoms with E-state index >= 15 is 0 Å². The molecule has 0 N–H and O–H groups in total. The van der Waals surface area contributed by atoms with Gasteiger partial charge in [0.15, 0.2) is 5.78 Å². The summed E-state index contributed by atoms with van der Waals surface area (Å²) < 4.78 is 0. The Hall–Kier alpha value is -2.23. The summed E-state index contributed by atoms with van der Waals surface area (Å²) in [5, 5.41) is 0. The van der Waals surface area contributed by atoms with Gasteiger partial charge in [-0.15, -0.1) is 0 Å². The predicted octanol–water partition coefficient (Wildman–Crippen LogP) is 2.21. The number of carbonyl (C=O) groups is 3. The first-order valence-corrected chi connectivity index (χ1v) is 7.27. The van der Waals surface area contributed by atoms with Crippen molar-refractivity contribution in [3.8, 4) is 0 Å². The van der Waals surface area contributed by atoms with Gasteiger partial charge in [0.2, 0.25) is 11.8 Å². The maximum Gasteiger partial charge on any atom is 0.233 e. The van der Waals surface area contributed by atoms with Crippen LogP contribution in [0.4, 0.5) is 0 Å². The van der Waals surface area contributed by atoms with Crippen LogP contribution in [0.15, 0.2) is 42.5 Å². The zero-order valence-corrected chi connectivity index (χ0v) is 11.7. The van der Waals surface area contributed by atoms with Gasteiger partial charge in [-0.25, -0.2) is 0 Å². The summed E-state index contributed by atoms with van der Waals surface area (Å²) in [4.78, 5) is 37.9. The highest BCUT2D eigenvalue weighted by Crippen LogP contribution is 2.35. The summed E-state index contributed by atoms with van der Waals surface area (Å²) in [7, 11) is 0. The maximum absolute atomic E-state index is 12.3. The Morgan fingerprint density at radius 3 is 2.14 bits per heavy atom. The van der Waals surface area contributed by atoms with Crippen molar-refractivity contribution in [1.29, 1.82) is 0 Å². The number of fused-ring (bicyclic) bond motifs is 1. The van der Waals surface area contributed by atoms with Crippen LogP contribution in [0.1, 0.15) is 29.6 Å². The van der Waals surface area contributed by atoms with Crippen LogP contribution in [0.25, 0.3) is 0 Å². The number of benzene rings is 1. The fraction of sp³-hybridized carbons (Fsp3) is 0.353. The van der Waals surface area contributed by atoms with Gasteiger partial charge in [-0.1, -0.05) is 42.5 Å². The highest BCUT2D eigenvalue weighted by atomic mass is 16.2. The number of carbonyl (C=O) groups excluding carboxylic acids is 3. The van der Waals surface area contributed by atoms with E-state index in [-0.39, 0.29) is 42.4 Å². The monoisotopic (exact) mass is 283 g/mol. The molecule has 1 saturated heterocycles. The molecule has 4 heteroatoms. The van der Waals surface area contributed by atoms with Gasteiger partial charge in [0.25, 0.3) is 0 Å². The van der Waals surface area contributed by atoms with Gasteiger partial charge in [0.05, 0.1) is 11.8 Å². The number of rotatable bonds is 4. The third-order valence-corrected chi connectivity index (χ3v) is 4.26. The molecule has 2 atom stereocenters. The number of Topliss-reactive ketones (excluding diaryl/α,β-unsaturated/α-hetero) is 1. The number of imide groups is 1. The second-order valence-electron chi connectivity index (χ2n) is 5.52. The van der Waals surface area contributed by atoms with Crippen LogP contribution in [0.2, 0.25) is 0 Å². The summed E-state index contributed by atoms with van der Waals surface area (Å²) in [6.07, 6.45) is 5.39. The van der Waals surface area contributed by atoms with Gasteiger partial charge in [-0.3, -0.25) is 19.3 Å². The molecule has 1 aromatic rings. The van der Waals surface area contributed by atoms with E-state index < -0.39 is 0 Å². The lowest BCUT2D eigenvalue weighted by atomic mass is 9.85. The molecule has 2 aliphatic rings. The minimum atomic E-state index is -0.214. The molecule has 1 fully saturated rings. The molecule has 1 aliphatic carbocycles. The standard InChI is InChI=1S/C17H17NO3/c19-15(12-6-2-1-3-7-12)10-11-18-16(20)13-8-4-5-9-14(13)17(18)21/h1-7,13-14H,8-11H2. The SMILES string of the molecule is O=C(CCN1C(=O)C2CC=CCC2C1=O)c1ccccc1. The van der Waals surface area contributed by atoms with E-state index in [1.54, 1.807) is 24.3 Å². The maximum atomic E-state index is 12.3. The third-order valence-electron chi connectivity index (χ3n) is 4.26. The molecule has 1 aromatic carbocycles. The van der Waals surface area contributed by atoms with Crippen LogP contribution in [0.5, 0.6) is 0 Å². The Morgan fingerprint density at radius 2 is 1.57 bits per heavy atom. The molecule has 0 spiro atoms. The lowest BCUT2D eigenvalue weighted by molar-refractivity contribution is -0.139. The zero-order chi connectivity index (χ0) is 14.8. The van der Waals surface area contributed by atoms with E-state index in [1.165, 1.54) is 4.90 Å². The van der Waals surface area contributed by atoms with E-state index in [2.05, 4.69) is 0 Å². The second kappa shape index (κ2) is 5.64. The summed E-state index contributed by atoms with van der Waals surface area (Å²) in [5.74, 6) is -0.696. The van der Waals surface area contributed by atoms with Crippen LogP contribution in [-0.2, 0) is 9.59 Å². The van der Waals surface area contributed by atoms with Crippen LogP contribution < -0.4 is 0 Å². The first-order valence-electron chi connectivity index (χ1n) is 7.27. The Balaban J connectivity index is 1.65. The van der Waals surface area contributed by atoms with Gasteiger partial charge in [-0.05, 0) is 12.8 Å². The molecule has 21 heavy (non-hydrogen) atoms. The Labute approximate surface area is 123 Å². The van der Waals surface area contributed by atoms with Crippen molar-refractivity contribution in [2.75, 3.05) is 6.54 Å². The minimum absolute atomic E-state index is 0.0378. The first-order chi connectivity index (χ1) is 10.2. The van der Waals surface area contributed by atoms with Crippen LogP contribution in [0, 0.1) is 11.8 Å². The molecule has 0 aromatic heterocycles. The number of ketones is 1. The van der Waals surface area contributed by atoms with Crippen LogP contribution >= 0.6 is 0 Å². The molecule has 2 unspecified atom stereocenters. The van der Waals surface area contributed by atoms with Crippen molar-refractivity contribution in [1.82, 2.24) is 4.90 Å². The van der Waals surface area contributed by atoms with E-state index in [1.807, 2.05) is 18.2 Å². The number of hydrogen-bond acceptors (Lipinski definition) is 3. The van der Waals surface area contributed by atoms with Crippen molar-refractivity contribution in [2.24, 2.45) is 11.8 Å². The molecular weight excluding hydrogens is 266 g/mol. The lowest BCUT2D eigenvalue weighted by Crippen LogP contribution is -2.33. The normalized spacial score (nSPS) is 24.3. The molecular formula is C17H17NO3. The molecule has 1 heterocycles. The van der Waals surface area contributed by atoms with Gasteiger partial charge in [0.1, 0.15) is 0 Å². The quantitative estimate of drug-likeness (QED) is 0.483. The smallest absolute Gasteiger partial charge is 0.233 e. The fourth-order valence-electron chi connectivity index (χ4n) is 3.07. The molecule has 0 saturated carbocycles. The minimum Gasteiger partial charge on any atom is -0.294 e. The summed E-state index contributed by atoms with van der Waals surface area (Å²) in [6, 6.07) is 8.96. The average Bonchev–Trinajstić information content (AvgIpc) is 2.78. The average molecular weight is 283 g/mol. The highest BCUT2D eigenvalue weighted by molar-refractivity contribution is 6.06. The Morgan fingerprint density at radius 1 is 1.00 bits per heavy atom. The van der Waals surface area contributed by atoms with E-state index in [4.69, 9.17) is 0 Å². The molecule has 108 valence electrons. The number of allylic oxidation sites excluding steroid dienone is 2. The largest absolute Gasteiger partial charge is 0.294 e. The highest BCUT2D eigenvalue weighted by Gasteiger charge is 2.46. The lowest BCUT2D eigenvalue weighted by Gasteiger charge is -2.14. The Kier molecular flexibility index (Phi) is 3.69. The summed E-state index contributed by atoms with van der Waals surface area (Å²) in [5.41, 5.74) is 0.621. The molecule has 0 radical (unpaired) electrons. The van der Waals surface area contributed by atoms with Gasteiger partial charge in [-0.2, -0.15) is 0 Å². The topological polar surface area (TPSA) is 54.5 Å². The van der Waals surface area contributed by atoms with Crippen molar-refractivity contribution in [3.63, 3.8) is 0 Å². The molecule has 1 aliphatic heterocycles. The van der Waals surface area contributed by atoms with Crippen LogP contribution in [0.3, 0.4) is 0 Å². The second-order valence-corrected chi connectivity index (χ2v) is 5.52. The van der Waals surface area contributed by atoms with Gasteiger partial charge < -0.3 is 0 Å². The first kappa shape index (κ1) is 13.7. The number of amides is 2. The summed E-state index contributed by atoms with van der Waals surface area (Å²) >= 11 is 0. The van der Waals surface area contributed by atoms with Gasteiger partial charge >= 0.3 is 0 Å². The number of likely N-dealkylation sites (tertiary alicyclic amines) is 1. The fourth-order valence-corrected chi connectivity index (χ4v) is 3.07. The molecule has 4 nitrogen and oxygen atoms in total. The Bertz CT molecular complexity index is 580. The van der Waals surface area contributed by atoms with Crippen molar-refractivity contribution >= 4 is 17.6 Å². The van der Waals surface area contributed by atoms with Crippen molar-refractivity contribution in [2.45, 2.75) is 19.3 Å². The summed E-state index contributed by atoms with van der Waals surface area (Å²) in [6.45, 7) is 0.193. The third kappa shape index (κ3) is 2.53. The van der Waals surface area contributed by atoms with Crippen LogP contribution in [-0.4, -0.2) is 29.0 Å². The van der Waals surface area contributed by atoms with E-state index in [0.717, 1.165) is 0 Å². The van der Waals surface area contributed by atoms with E-state index in [0.29, 0.717) is 18.4 Å². The molecule has 0 bridgehead atoms. The predicted molar refractivity (Wildman–Crippen MR) is 77.5 cm³/mol.